The van der Waals surface area contributed by atoms with E-state index >= 15 is 0 Å². The number of rotatable bonds is 5. The van der Waals surface area contributed by atoms with E-state index in [9.17, 15) is 4.79 Å². The first kappa shape index (κ1) is 18.1. The summed E-state index contributed by atoms with van der Waals surface area (Å²) in [6.07, 6.45) is 3.50. The summed E-state index contributed by atoms with van der Waals surface area (Å²) in [5.74, 6) is 2.06. The van der Waals surface area contributed by atoms with Gasteiger partial charge in [0, 0.05) is 6.04 Å². The van der Waals surface area contributed by atoms with Gasteiger partial charge in [0.1, 0.15) is 12.4 Å². The Balaban J connectivity index is 0.00000192. The van der Waals surface area contributed by atoms with Crippen LogP contribution in [0.2, 0.25) is 0 Å². The van der Waals surface area contributed by atoms with Gasteiger partial charge in [0.05, 0.1) is 12.5 Å². The number of aryl methyl sites for hydroxylation is 2. The molecule has 23 heavy (non-hydrogen) atoms. The maximum absolute atomic E-state index is 12.3. The molecular weight excluding hydrogens is 312 g/mol. The van der Waals surface area contributed by atoms with Crippen molar-refractivity contribution < 1.29 is 9.53 Å². The number of hydrogen-bond acceptors (Lipinski definition) is 3. The second kappa shape index (κ2) is 7.54. The Bertz CT molecular complexity index is 542. The molecule has 4 nitrogen and oxygen atoms in total. The van der Waals surface area contributed by atoms with E-state index in [2.05, 4.69) is 25.2 Å². The maximum Gasteiger partial charge on any atom is 0.225 e. The molecule has 4 atom stereocenters. The summed E-state index contributed by atoms with van der Waals surface area (Å²) >= 11 is 0. The zero-order valence-electron chi connectivity index (χ0n) is 13.9. The van der Waals surface area contributed by atoms with Crippen LogP contribution < -0.4 is 15.8 Å². The highest BCUT2D eigenvalue weighted by molar-refractivity contribution is 5.85. The lowest BCUT2D eigenvalue weighted by molar-refractivity contribution is -0.127. The van der Waals surface area contributed by atoms with Crippen molar-refractivity contribution in [1.82, 2.24) is 5.32 Å². The molecule has 1 aromatic carbocycles. The maximum atomic E-state index is 12.3. The largest absolute Gasteiger partial charge is 0.492 e. The molecule has 0 radical (unpaired) electrons. The third-order valence-corrected chi connectivity index (χ3v) is 5.15. The van der Waals surface area contributed by atoms with Gasteiger partial charge in [0.25, 0.3) is 0 Å². The lowest BCUT2D eigenvalue weighted by Crippen LogP contribution is -2.46. The van der Waals surface area contributed by atoms with E-state index in [1.54, 1.807) is 0 Å². The lowest BCUT2D eigenvalue weighted by Gasteiger charge is -2.27. The Hall–Kier alpha value is -1.26. The van der Waals surface area contributed by atoms with E-state index in [1.807, 2.05) is 12.1 Å². The highest BCUT2D eigenvalue weighted by Gasteiger charge is 2.48. The van der Waals surface area contributed by atoms with Crippen molar-refractivity contribution >= 4 is 18.3 Å². The number of carbonyl (C=O) groups excluding carboxylic acids is 1. The molecule has 1 amide bonds. The smallest absolute Gasteiger partial charge is 0.225 e. The lowest BCUT2D eigenvalue weighted by atomic mass is 9.84. The van der Waals surface area contributed by atoms with Crippen LogP contribution in [0.25, 0.3) is 0 Å². The van der Waals surface area contributed by atoms with E-state index in [4.69, 9.17) is 10.5 Å². The first-order valence-corrected chi connectivity index (χ1v) is 8.29. The Morgan fingerprint density at radius 1 is 1.22 bits per heavy atom. The quantitative estimate of drug-likeness (QED) is 0.811. The summed E-state index contributed by atoms with van der Waals surface area (Å²) in [5.41, 5.74) is 8.58. The van der Waals surface area contributed by atoms with Crippen LogP contribution in [0.15, 0.2) is 18.2 Å². The number of nitrogens with one attached hydrogen (secondary N) is 1. The SMILES string of the molecule is Cc1cc(C)cc(OCCNC(=O)C2C3CCC(C3)C2N)c1.Cl. The topological polar surface area (TPSA) is 64.3 Å². The average Bonchev–Trinajstić information content (AvgIpc) is 3.03. The van der Waals surface area contributed by atoms with E-state index in [0.29, 0.717) is 25.0 Å². The molecule has 3 N–H and O–H groups in total. The van der Waals surface area contributed by atoms with Gasteiger partial charge in [-0.1, -0.05) is 6.07 Å². The van der Waals surface area contributed by atoms with Gasteiger partial charge in [-0.25, -0.2) is 0 Å². The zero-order valence-corrected chi connectivity index (χ0v) is 14.7. The predicted octanol–water partition coefficient (Wildman–Crippen LogP) is 2.59. The van der Waals surface area contributed by atoms with Gasteiger partial charge in [0.15, 0.2) is 0 Å². The number of carbonyl (C=O) groups is 1. The number of halogens is 1. The normalized spacial score (nSPS) is 28.3. The van der Waals surface area contributed by atoms with Crippen LogP contribution in [0.5, 0.6) is 5.75 Å². The molecule has 1 aromatic rings. The first-order valence-electron chi connectivity index (χ1n) is 8.29. The van der Waals surface area contributed by atoms with Gasteiger partial charge in [-0.05, 0) is 68.2 Å². The summed E-state index contributed by atoms with van der Waals surface area (Å²) < 4.78 is 5.72. The van der Waals surface area contributed by atoms with Crippen molar-refractivity contribution in [3.05, 3.63) is 29.3 Å². The summed E-state index contributed by atoms with van der Waals surface area (Å²) in [4.78, 5) is 12.3. The summed E-state index contributed by atoms with van der Waals surface area (Å²) in [7, 11) is 0. The summed E-state index contributed by atoms with van der Waals surface area (Å²) in [6.45, 7) is 5.13. The number of benzene rings is 1. The van der Waals surface area contributed by atoms with Crippen LogP contribution in [0, 0.1) is 31.6 Å². The van der Waals surface area contributed by atoms with E-state index < -0.39 is 0 Å². The molecule has 2 bridgehead atoms. The molecule has 4 unspecified atom stereocenters. The van der Waals surface area contributed by atoms with Gasteiger partial charge in [-0.2, -0.15) is 0 Å². The fourth-order valence-electron chi connectivity index (χ4n) is 4.20. The van der Waals surface area contributed by atoms with Crippen molar-refractivity contribution in [3.8, 4) is 5.75 Å². The van der Waals surface area contributed by atoms with Crippen molar-refractivity contribution in [2.75, 3.05) is 13.2 Å². The molecule has 0 heterocycles. The van der Waals surface area contributed by atoms with Gasteiger partial charge < -0.3 is 15.8 Å². The summed E-state index contributed by atoms with van der Waals surface area (Å²) in [6, 6.07) is 6.20. The fraction of sp³-hybridized carbons (Fsp3) is 0.611. The van der Waals surface area contributed by atoms with Crippen molar-refractivity contribution in [2.24, 2.45) is 23.5 Å². The Morgan fingerprint density at radius 3 is 2.48 bits per heavy atom. The van der Waals surface area contributed by atoms with Crippen molar-refractivity contribution in [1.29, 1.82) is 0 Å². The van der Waals surface area contributed by atoms with Crippen LogP contribution in [-0.2, 0) is 4.79 Å². The fourth-order valence-corrected chi connectivity index (χ4v) is 4.20. The molecule has 0 saturated heterocycles. The third kappa shape index (κ3) is 3.99. The summed E-state index contributed by atoms with van der Waals surface area (Å²) in [5, 5.41) is 3.00. The Morgan fingerprint density at radius 2 is 1.87 bits per heavy atom. The molecule has 0 spiro atoms. The second-order valence-electron chi connectivity index (χ2n) is 6.90. The van der Waals surface area contributed by atoms with E-state index in [1.165, 1.54) is 17.5 Å². The molecule has 2 saturated carbocycles. The molecular formula is C18H27ClN2O2. The van der Waals surface area contributed by atoms with Gasteiger partial charge >= 0.3 is 0 Å². The monoisotopic (exact) mass is 338 g/mol. The van der Waals surface area contributed by atoms with Crippen LogP contribution in [0.1, 0.15) is 30.4 Å². The standard InChI is InChI=1S/C18H26N2O2.ClH/c1-11-7-12(2)9-15(8-11)22-6-5-20-18(21)16-13-3-4-14(10-13)17(16)19;/h7-9,13-14,16-17H,3-6,10,19H2,1-2H3,(H,20,21);1H. The number of nitrogens with two attached hydrogens (primary N) is 1. The van der Waals surface area contributed by atoms with Gasteiger partial charge in [-0.3, -0.25) is 4.79 Å². The Kier molecular flexibility index (Phi) is 5.93. The predicted molar refractivity (Wildman–Crippen MR) is 94.0 cm³/mol. The molecule has 2 aliphatic carbocycles. The highest BCUT2D eigenvalue weighted by Crippen LogP contribution is 2.47. The minimum Gasteiger partial charge on any atom is -0.492 e. The van der Waals surface area contributed by atoms with Crippen LogP contribution >= 0.6 is 12.4 Å². The van der Waals surface area contributed by atoms with Crippen molar-refractivity contribution in [2.45, 2.75) is 39.2 Å². The number of amides is 1. The van der Waals surface area contributed by atoms with E-state index in [-0.39, 0.29) is 30.3 Å². The molecule has 0 aromatic heterocycles. The third-order valence-electron chi connectivity index (χ3n) is 5.15. The molecule has 3 rings (SSSR count). The van der Waals surface area contributed by atoms with Crippen LogP contribution in [0.4, 0.5) is 0 Å². The second-order valence-corrected chi connectivity index (χ2v) is 6.90. The number of hydrogen-bond donors (Lipinski definition) is 2. The Labute approximate surface area is 144 Å². The molecule has 0 aliphatic heterocycles. The minimum atomic E-state index is 0. The number of fused-ring (bicyclic) bond motifs is 2. The number of ether oxygens (including phenoxy) is 1. The highest BCUT2D eigenvalue weighted by atomic mass is 35.5. The van der Waals surface area contributed by atoms with E-state index in [0.717, 1.165) is 18.6 Å². The molecule has 128 valence electrons. The average molecular weight is 339 g/mol. The zero-order chi connectivity index (χ0) is 15.7. The molecule has 2 aliphatic rings. The minimum absolute atomic E-state index is 0. The van der Waals surface area contributed by atoms with Crippen LogP contribution in [-0.4, -0.2) is 25.1 Å². The molecule has 2 fully saturated rings. The van der Waals surface area contributed by atoms with Gasteiger partial charge in [0.2, 0.25) is 5.91 Å². The van der Waals surface area contributed by atoms with Crippen molar-refractivity contribution in [3.63, 3.8) is 0 Å². The molecule has 5 heteroatoms. The van der Waals surface area contributed by atoms with Crippen LogP contribution in [0.3, 0.4) is 0 Å². The van der Waals surface area contributed by atoms with Gasteiger partial charge in [-0.15, -0.1) is 12.4 Å². The first-order chi connectivity index (χ1) is 10.5.